The van der Waals surface area contributed by atoms with E-state index in [9.17, 15) is 8.53 Å². The van der Waals surface area contributed by atoms with Crippen LogP contribution in [0.1, 0.15) is 6.92 Å². The summed E-state index contributed by atoms with van der Waals surface area (Å²) in [6, 6.07) is 3.91. The quantitative estimate of drug-likeness (QED) is 0.634. The third kappa shape index (κ3) is 3.13. The van der Waals surface area contributed by atoms with Crippen molar-refractivity contribution in [2.75, 3.05) is 12.4 Å². The molecule has 1 rings (SSSR count). The van der Waals surface area contributed by atoms with Gasteiger partial charge in [0.1, 0.15) is 0 Å². The Bertz CT molecular complexity index is 453. The Morgan fingerprint density at radius 2 is 2.06 bits per heavy atom. The summed E-state index contributed by atoms with van der Waals surface area (Å²) in [5.41, 5.74) is 0.247. The number of ether oxygens (including phenoxy) is 1. The van der Waals surface area contributed by atoms with E-state index < -0.39 is 14.2 Å². The Morgan fingerprint density at radius 1 is 1.44 bits per heavy atom. The van der Waals surface area contributed by atoms with Gasteiger partial charge in [-0.2, -0.15) is 0 Å². The molecule has 0 aliphatic carbocycles. The SMILES string of the molecule is COc1ccc([As](=O)(O)O)cc1NC(C)=O. The molecule has 1 aromatic rings. The summed E-state index contributed by atoms with van der Waals surface area (Å²) in [4.78, 5) is 10.9. The van der Waals surface area contributed by atoms with Gasteiger partial charge >= 0.3 is 94.9 Å². The van der Waals surface area contributed by atoms with Gasteiger partial charge in [-0.3, -0.25) is 0 Å². The van der Waals surface area contributed by atoms with Crippen molar-refractivity contribution in [3.05, 3.63) is 18.2 Å². The fourth-order valence-corrected chi connectivity index (χ4v) is 2.35. The summed E-state index contributed by atoms with van der Waals surface area (Å²) in [6.45, 7) is 1.30. The molecule has 0 bridgehead atoms. The van der Waals surface area contributed by atoms with E-state index >= 15 is 0 Å². The molecule has 3 N–H and O–H groups in total. The van der Waals surface area contributed by atoms with Gasteiger partial charge in [0.05, 0.1) is 0 Å². The van der Waals surface area contributed by atoms with Crippen LogP contribution < -0.4 is 14.4 Å². The van der Waals surface area contributed by atoms with Crippen molar-refractivity contribution in [1.29, 1.82) is 0 Å². The molecule has 0 aliphatic heterocycles. The molecule has 0 saturated heterocycles. The van der Waals surface area contributed by atoms with Crippen molar-refractivity contribution in [2.45, 2.75) is 6.92 Å². The molecule has 0 radical (unpaired) electrons. The number of rotatable bonds is 3. The van der Waals surface area contributed by atoms with E-state index in [1.165, 1.54) is 32.2 Å². The molecule has 88 valence electrons. The Hall–Kier alpha value is -1.23. The van der Waals surface area contributed by atoms with E-state index in [1.807, 2.05) is 0 Å². The summed E-state index contributed by atoms with van der Waals surface area (Å²) >= 11 is -4.94. The summed E-state index contributed by atoms with van der Waals surface area (Å²) in [7, 11) is 1.41. The van der Waals surface area contributed by atoms with Crippen LogP contribution >= 0.6 is 0 Å². The molecule has 0 aromatic heterocycles. The van der Waals surface area contributed by atoms with E-state index in [0.29, 0.717) is 5.75 Å². The molecule has 0 aliphatic rings. The van der Waals surface area contributed by atoms with Crippen molar-refractivity contribution in [1.82, 2.24) is 0 Å². The minimum atomic E-state index is -4.94. The molecule has 0 unspecified atom stereocenters. The number of methoxy groups -OCH3 is 1. The standard InChI is InChI=1S/C9H12AsNO5/c1-6(12)11-8-5-7(10(13,14)15)3-4-9(8)16-2/h3-5H,1-2H3,(H,11,12)(H2,13,14,15). The van der Waals surface area contributed by atoms with Crippen LogP contribution in [0.25, 0.3) is 0 Å². The second kappa shape index (κ2) is 4.74. The number of carbonyl (C=O) groups is 1. The molecule has 0 saturated carbocycles. The number of hydrogen-bond acceptors (Lipinski definition) is 3. The maximum atomic E-state index is 11.1. The molecule has 1 aromatic carbocycles. The maximum absolute atomic E-state index is 11.1. The van der Waals surface area contributed by atoms with Gasteiger partial charge in [0.2, 0.25) is 0 Å². The van der Waals surface area contributed by atoms with Crippen LogP contribution in [0.4, 0.5) is 5.69 Å². The van der Waals surface area contributed by atoms with Gasteiger partial charge < -0.3 is 0 Å². The summed E-state index contributed by atoms with van der Waals surface area (Å²) < 4.78 is 34.0. The average molecular weight is 289 g/mol. The number of carbonyl (C=O) groups excluding carboxylic acids is 1. The van der Waals surface area contributed by atoms with Crippen molar-refractivity contribution in [2.24, 2.45) is 0 Å². The molecule has 0 atom stereocenters. The monoisotopic (exact) mass is 289 g/mol. The molecule has 7 heteroatoms. The van der Waals surface area contributed by atoms with E-state index in [1.54, 1.807) is 0 Å². The zero-order valence-corrected chi connectivity index (χ0v) is 10.7. The summed E-state index contributed by atoms with van der Waals surface area (Å²) in [5.74, 6) is 0.0105. The Balaban J connectivity index is 3.21. The van der Waals surface area contributed by atoms with Gasteiger partial charge in [-0.05, 0) is 0 Å². The Kier molecular flexibility index (Phi) is 3.80. The van der Waals surface area contributed by atoms with Gasteiger partial charge in [-0.1, -0.05) is 0 Å². The number of amides is 1. The predicted molar refractivity (Wildman–Crippen MR) is 57.8 cm³/mol. The van der Waals surface area contributed by atoms with Crippen LogP contribution in [-0.4, -0.2) is 35.4 Å². The second-order valence-electron chi connectivity index (χ2n) is 3.11. The van der Waals surface area contributed by atoms with E-state index in [2.05, 4.69) is 5.32 Å². The zero-order chi connectivity index (χ0) is 12.3. The van der Waals surface area contributed by atoms with Gasteiger partial charge in [0.25, 0.3) is 0 Å². The van der Waals surface area contributed by atoms with Crippen molar-refractivity contribution < 1.29 is 21.5 Å². The first kappa shape index (κ1) is 12.8. The first-order valence-corrected chi connectivity index (χ1v) is 7.74. The van der Waals surface area contributed by atoms with Gasteiger partial charge in [0, 0.05) is 0 Å². The molecule has 1 amide bonds. The average Bonchev–Trinajstić information content (AvgIpc) is 2.15. The molecular formula is C9H12AsNO5. The topological polar surface area (TPSA) is 95.9 Å². The van der Waals surface area contributed by atoms with Crippen LogP contribution in [0.2, 0.25) is 0 Å². The van der Waals surface area contributed by atoms with Gasteiger partial charge in [0.15, 0.2) is 0 Å². The number of nitrogens with one attached hydrogen (secondary N) is 1. The zero-order valence-electron chi connectivity index (χ0n) is 8.80. The van der Waals surface area contributed by atoms with Crippen LogP contribution in [0.15, 0.2) is 18.2 Å². The molecule has 16 heavy (non-hydrogen) atoms. The first-order chi connectivity index (χ1) is 7.34. The molecule has 0 spiro atoms. The Labute approximate surface area is 95.2 Å². The van der Waals surface area contributed by atoms with E-state index in [0.717, 1.165) is 0 Å². The summed E-state index contributed by atoms with van der Waals surface area (Å²) in [5, 5.41) is 2.44. The fraction of sp³-hybridized carbons (Fsp3) is 0.222. The van der Waals surface area contributed by atoms with Gasteiger partial charge in [-0.25, -0.2) is 0 Å². The second-order valence-corrected chi connectivity index (χ2v) is 6.48. The summed E-state index contributed by atoms with van der Waals surface area (Å²) in [6.07, 6.45) is 0. The molecule has 0 heterocycles. The molecular weight excluding hydrogens is 277 g/mol. The van der Waals surface area contributed by atoms with E-state index in [-0.39, 0.29) is 15.9 Å². The molecule has 6 nitrogen and oxygen atoms in total. The van der Waals surface area contributed by atoms with Gasteiger partial charge in [-0.15, -0.1) is 0 Å². The van der Waals surface area contributed by atoms with Crippen LogP contribution in [0.5, 0.6) is 5.75 Å². The number of hydrogen-bond donors (Lipinski definition) is 3. The number of benzene rings is 1. The van der Waals surface area contributed by atoms with Crippen molar-refractivity contribution in [3.63, 3.8) is 0 Å². The minimum absolute atomic E-state index is 0.109. The third-order valence-electron chi connectivity index (χ3n) is 1.83. The predicted octanol–water partition coefficient (Wildman–Crippen LogP) is -0.785. The normalized spacial score (nSPS) is 11.0. The van der Waals surface area contributed by atoms with E-state index in [4.69, 9.17) is 12.9 Å². The Morgan fingerprint density at radius 3 is 2.50 bits per heavy atom. The first-order valence-electron chi connectivity index (χ1n) is 4.36. The van der Waals surface area contributed by atoms with Crippen LogP contribution in [-0.2, 0) is 8.53 Å². The third-order valence-corrected chi connectivity index (χ3v) is 3.83. The van der Waals surface area contributed by atoms with Crippen molar-refractivity contribution >= 4 is 30.1 Å². The van der Waals surface area contributed by atoms with Crippen molar-refractivity contribution in [3.8, 4) is 5.75 Å². The van der Waals surface area contributed by atoms with Crippen LogP contribution in [0, 0.1) is 0 Å². The van der Waals surface area contributed by atoms with Crippen LogP contribution in [0.3, 0.4) is 0 Å². The molecule has 0 fully saturated rings. The number of anilines is 1. The fourth-order valence-electron chi connectivity index (χ4n) is 1.16.